The molecule has 1 aliphatic rings. The molecule has 3 rings (SSSR count). The highest BCUT2D eigenvalue weighted by Crippen LogP contribution is 2.28. The Hall–Kier alpha value is -1.50. The van der Waals surface area contributed by atoms with Crippen molar-refractivity contribution in [1.29, 1.82) is 0 Å². The second-order valence-electron chi connectivity index (χ2n) is 5.22. The van der Waals surface area contributed by atoms with Crippen LogP contribution >= 0.6 is 22.6 Å². The van der Waals surface area contributed by atoms with E-state index < -0.39 is 0 Å². The lowest BCUT2D eigenvalue weighted by molar-refractivity contribution is 0.621. The molecule has 3 nitrogen and oxygen atoms in total. The minimum atomic E-state index is -0.263. The number of rotatable bonds is 3. The Balaban J connectivity index is 1.77. The summed E-state index contributed by atoms with van der Waals surface area (Å²) in [4.78, 5) is 2.38. The summed E-state index contributed by atoms with van der Waals surface area (Å²) < 4.78 is 14.1. The molecule has 1 saturated heterocycles. The van der Waals surface area contributed by atoms with E-state index in [-0.39, 0.29) is 5.82 Å². The van der Waals surface area contributed by atoms with Crippen LogP contribution in [0.3, 0.4) is 0 Å². The third kappa shape index (κ3) is 3.23. The van der Waals surface area contributed by atoms with Gasteiger partial charge in [-0.1, -0.05) is 0 Å². The molecular weight excluding hydrogens is 380 g/mol. The van der Waals surface area contributed by atoms with Gasteiger partial charge in [0.05, 0.1) is 14.9 Å². The molecule has 0 atom stereocenters. The molecule has 2 aromatic rings. The topological polar surface area (TPSA) is 41.3 Å². The standard InChI is InChI=1S/C16H17FIN3/c17-13-9-16(15(19)10-14(13)18)20-11-3-5-12(6-4-11)21-7-1-2-8-21/h3-6,9-10,20H,1-2,7-8,19H2. The van der Waals surface area contributed by atoms with E-state index in [0.29, 0.717) is 14.9 Å². The van der Waals surface area contributed by atoms with Gasteiger partial charge in [-0.15, -0.1) is 0 Å². The number of nitrogens with zero attached hydrogens (tertiary/aromatic N) is 1. The van der Waals surface area contributed by atoms with Gasteiger partial charge in [0.1, 0.15) is 5.82 Å². The van der Waals surface area contributed by atoms with E-state index in [2.05, 4.69) is 22.3 Å². The normalized spacial score (nSPS) is 14.5. The average Bonchev–Trinajstić information content (AvgIpc) is 3.00. The first-order valence-electron chi connectivity index (χ1n) is 7.00. The van der Waals surface area contributed by atoms with Gasteiger partial charge < -0.3 is 16.0 Å². The summed E-state index contributed by atoms with van der Waals surface area (Å²) in [7, 11) is 0. The van der Waals surface area contributed by atoms with Crippen LogP contribution in [-0.2, 0) is 0 Å². The van der Waals surface area contributed by atoms with Crippen molar-refractivity contribution in [3.63, 3.8) is 0 Å². The van der Waals surface area contributed by atoms with Gasteiger partial charge in [0.2, 0.25) is 0 Å². The Kier molecular flexibility index (Phi) is 4.19. The van der Waals surface area contributed by atoms with Crippen LogP contribution in [0.5, 0.6) is 0 Å². The van der Waals surface area contributed by atoms with Gasteiger partial charge in [-0.2, -0.15) is 0 Å². The van der Waals surface area contributed by atoms with E-state index in [1.54, 1.807) is 6.07 Å². The van der Waals surface area contributed by atoms with Crippen molar-refractivity contribution >= 4 is 45.3 Å². The number of nitrogens with one attached hydrogen (secondary N) is 1. The molecule has 0 aliphatic carbocycles. The molecule has 21 heavy (non-hydrogen) atoms. The van der Waals surface area contributed by atoms with E-state index in [9.17, 15) is 4.39 Å². The van der Waals surface area contributed by atoms with Gasteiger partial charge in [-0.25, -0.2) is 4.39 Å². The van der Waals surface area contributed by atoms with Gasteiger partial charge in [0, 0.05) is 30.5 Å². The first-order chi connectivity index (χ1) is 10.1. The largest absolute Gasteiger partial charge is 0.397 e. The van der Waals surface area contributed by atoms with Gasteiger partial charge in [-0.3, -0.25) is 0 Å². The fraction of sp³-hybridized carbons (Fsp3) is 0.250. The Labute approximate surface area is 137 Å². The maximum absolute atomic E-state index is 13.6. The Bertz CT molecular complexity index is 637. The van der Waals surface area contributed by atoms with Crippen molar-refractivity contribution in [2.75, 3.05) is 29.0 Å². The van der Waals surface area contributed by atoms with Crippen LogP contribution in [0.25, 0.3) is 0 Å². The molecule has 110 valence electrons. The smallest absolute Gasteiger partial charge is 0.138 e. The summed E-state index contributed by atoms with van der Waals surface area (Å²) >= 11 is 1.94. The number of nitrogens with two attached hydrogens (primary N) is 1. The first-order valence-corrected chi connectivity index (χ1v) is 8.08. The Morgan fingerprint density at radius 3 is 2.43 bits per heavy atom. The number of benzene rings is 2. The van der Waals surface area contributed by atoms with E-state index in [0.717, 1.165) is 18.8 Å². The average molecular weight is 397 g/mol. The molecule has 2 aromatic carbocycles. The fourth-order valence-corrected chi connectivity index (χ4v) is 3.05. The summed E-state index contributed by atoms with van der Waals surface area (Å²) in [5, 5.41) is 3.17. The van der Waals surface area contributed by atoms with E-state index in [1.165, 1.54) is 24.6 Å². The zero-order chi connectivity index (χ0) is 14.8. The highest BCUT2D eigenvalue weighted by Gasteiger charge is 2.12. The fourth-order valence-electron chi connectivity index (χ4n) is 2.56. The zero-order valence-electron chi connectivity index (χ0n) is 11.6. The number of anilines is 4. The third-order valence-corrected chi connectivity index (χ3v) is 4.54. The minimum absolute atomic E-state index is 0.263. The number of nitrogen functional groups attached to an aromatic ring is 1. The Morgan fingerprint density at radius 1 is 1.10 bits per heavy atom. The number of hydrogen-bond acceptors (Lipinski definition) is 3. The molecule has 0 spiro atoms. The molecule has 1 fully saturated rings. The second kappa shape index (κ2) is 6.09. The van der Waals surface area contributed by atoms with Gasteiger partial charge >= 0.3 is 0 Å². The van der Waals surface area contributed by atoms with Crippen LogP contribution in [0.15, 0.2) is 36.4 Å². The molecule has 0 amide bonds. The van der Waals surface area contributed by atoms with Crippen molar-refractivity contribution in [3.05, 3.63) is 45.8 Å². The number of hydrogen-bond donors (Lipinski definition) is 2. The van der Waals surface area contributed by atoms with Crippen molar-refractivity contribution in [2.45, 2.75) is 12.8 Å². The van der Waals surface area contributed by atoms with Gasteiger partial charge in [0.25, 0.3) is 0 Å². The SMILES string of the molecule is Nc1cc(I)c(F)cc1Nc1ccc(N2CCCC2)cc1. The maximum Gasteiger partial charge on any atom is 0.138 e. The molecule has 0 unspecified atom stereocenters. The van der Waals surface area contributed by atoms with E-state index in [4.69, 9.17) is 5.73 Å². The van der Waals surface area contributed by atoms with Crippen molar-refractivity contribution in [2.24, 2.45) is 0 Å². The third-order valence-electron chi connectivity index (χ3n) is 3.71. The molecular formula is C16H17FIN3. The summed E-state index contributed by atoms with van der Waals surface area (Å²) in [6, 6.07) is 11.3. The van der Waals surface area contributed by atoms with Crippen molar-refractivity contribution in [3.8, 4) is 0 Å². The van der Waals surface area contributed by atoms with E-state index >= 15 is 0 Å². The van der Waals surface area contributed by atoms with Gasteiger partial charge in [0.15, 0.2) is 0 Å². The van der Waals surface area contributed by atoms with Crippen LogP contribution in [0, 0.1) is 9.39 Å². The summed E-state index contributed by atoms with van der Waals surface area (Å²) in [6.45, 7) is 2.25. The highest BCUT2D eigenvalue weighted by molar-refractivity contribution is 14.1. The lowest BCUT2D eigenvalue weighted by Gasteiger charge is -2.18. The lowest BCUT2D eigenvalue weighted by atomic mass is 10.2. The lowest BCUT2D eigenvalue weighted by Crippen LogP contribution is -2.17. The van der Waals surface area contributed by atoms with Crippen LogP contribution in [0.4, 0.5) is 27.1 Å². The molecule has 0 saturated carbocycles. The molecule has 1 aliphatic heterocycles. The highest BCUT2D eigenvalue weighted by atomic mass is 127. The molecule has 5 heteroatoms. The summed E-state index contributed by atoms with van der Waals surface area (Å²) in [6.07, 6.45) is 2.52. The summed E-state index contributed by atoms with van der Waals surface area (Å²) in [5.74, 6) is -0.263. The maximum atomic E-state index is 13.6. The van der Waals surface area contributed by atoms with Crippen LogP contribution in [0.1, 0.15) is 12.8 Å². The zero-order valence-corrected chi connectivity index (χ0v) is 13.7. The predicted molar refractivity (Wildman–Crippen MR) is 94.7 cm³/mol. The van der Waals surface area contributed by atoms with E-state index in [1.807, 2.05) is 34.7 Å². The summed E-state index contributed by atoms with van der Waals surface area (Å²) in [5.41, 5.74) is 9.21. The van der Waals surface area contributed by atoms with Crippen LogP contribution < -0.4 is 16.0 Å². The molecule has 0 radical (unpaired) electrons. The van der Waals surface area contributed by atoms with Crippen LogP contribution in [-0.4, -0.2) is 13.1 Å². The molecule has 0 aromatic heterocycles. The monoisotopic (exact) mass is 397 g/mol. The predicted octanol–water partition coefficient (Wildman–Crippen LogP) is 4.36. The van der Waals surface area contributed by atoms with Crippen molar-refractivity contribution < 1.29 is 4.39 Å². The molecule has 1 heterocycles. The van der Waals surface area contributed by atoms with Crippen LogP contribution in [0.2, 0.25) is 0 Å². The minimum Gasteiger partial charge on any atom is -0.397 e. The van der Waals surface area contributed by atoms with Crippen molar-refractivity contribution in [1.82, 2.24) is 0 Å². The first kappa shape index (κ1) is 14.4. The molecule has 3 N–H and O–H groups in total. The molecule has 0 bridgehead atoms. The van der Waals surface area contributed by atoms with Gasteiger partial charge in [-0.05, 0) is 65.8 Å². The second-order valence-corrected chi connectivity index (χ2v) is 6.38. The Morgan fingerprint density at radius 2 is 1.76 bits per heavy atom. The number of halogens is 2. The quantitative estimate of drug-likeness (QED) is 0.598.